The number of rotatable bonds is 12. The van der Waals surface area contributed by atoms with Crippen LogP contribution >= 0.6 is 0 Å². The molecule has 2 heterocycles. The Bertz CT molecular complexity index is 1260. The maximum absolute atomic E-state index is 11.3. The fourth-order valence-electron chi connectivity index (χ4n) is 3.40. The highest BCUT2D eigenvalue weighted by atomic mass is 32.3. The standard InChI is InChI=1S/C12H22O23S4/c13-1-3-5(14)8(33-37(20,21)22)10(35-39(26,27)28)12(31-3)29-2-4-6(15)7(32-36(17,18)19)9(11(16)30-4)34-38(23,24)25/h3-16H,1-2H2,(H,17,18,19)(H,20,21,22)(H,23,24,25)(H,26,27,28)/t3-,4-,5-,6-,7+,8+,9-,10-,11+,12+/m1/s1. The predicted octanol–water partition coefficient (Wildman–Crippen LogP) is -6.09. The van der Waals surface area contributed by atoms with Crippen molar-refractivity contribution in [2.24, 2.45) is 0 Å². The molecule has 8 N–H and O–H groups in total. The Labute approximate surface area is 219 Å². The summed E-state index contributed by atoms with van der Waals surface area (Å²) < 4.78 is 156. The van der Waals surface area contributed by atoms with Crippen LogP contribution in [0.4, 0.5) is 0 Å². The first-order valence-electron chi connectivity index (χ1n) is 9.71. The van der Waals surface area contributed by atoms with Crippen LogP contribution in [0.3, 0.4) is 0 Å². The molecule has 0 bridgehead atoms. The van der Waals surface area contributed by atoms with Gasteiger partial charge in [0, 0.05) is 0 Å². The van der Waals surface area contributed by atoms with Gasteiger partial charge in [-0.1, -0.05) is 0 Å². The van der Waals surface area contributed by atoms with Gasteiger partial charge in [0.25, 0.3) is 0 Å². The van der Waals surface area contributed by atoms with Gasteiger partial charge in [0.15, 0.2) is 24.8 Å². The van der Waals surface area contributed by atoms with Gasteiger partial charge in [-0.25, -0.2) is 16.7 Å². The van der Waals surface area contributed by atoms with Crippen LogP contribution in [0.2, 0.25) is 0 Å². The summed E-state index contributed by atoms with van der Waals surface area (Å²) in [6, 6.07) is 0. The van der Waals surface area contributed by atoms with E-state index in [4.69, 9.17) is 32.4 Å². The highest BCUT2D eigenvalue weighted by Gasteiger charge is 2.53. The van der Waals surface area contributed by atoms with Crippen LogP contribution < -0.4 is 0 Å². The lowest BCUT2D eigenvalue weighted by molar-refractivity contribution is -0.317. The SMILES string of the molecule is O=S(=O)(O)O[C@@H]1[C@@H](OS(=O)(=O)O)[C@H](O)[C@@H](CO[C@H]2O[C@H](CO)[C@@H](O)[C@H](OS(=O)(=O)O)[C@H]2OS(=O)(=O)O)O[C@@H]1O. The second-order valence-corrected chi connectivity index (χ2v) is 11.8. The van der Waals surface area contributed by atoms with E-state index in [1.165, 1.54) is 0 Å². The molecule has 2 saturated heterocycles. The molecule has 0 saturated carbocycles. The van der Waals surface area contributed by atoms with E-state index in [0.29, 0.717) is 0 Å². The Balaban J connectivity index is 2.36. The highest BCUT2D eigenvalue weighted by molar-refractivity contribution is 7.81. The van der Waals surface area contributed by atoms with Crippen LogP contribution in [-0.2, 0) is 72.5 Å². The Kier molecular flexibility index (Phi) is 11.1. The van der Waals surface area contributed by atoms with Crippen molar-refractivity contribution >= 4 is 41.6 Å². The molecule has 2 aliphatic heterocycles. The van der Waals surface area contributed by atoms with Crippen LogP contribution in [0.15, 0.2) is 0 Å². The fraction of sp³-hybridized carbons (Fsp3) is 1.00. The maximum Gasteiger partial charge on any atom is 0.397 e. The summed E-state index contributed by atoms with van der Waals surface area (Å²) in [5.41, 5.74) is 0. The minimum Gasteiger partial charge on any atom is -0.394 e. The third-order valence-corrected chi connectivity index (χ3v) is 6.65. The monoisotopic (exact) mass is 662 g/mol. The molecule has 2 fully saturated rings. The van der Waals surface area contributed by atoms with Gasteiger partial charge >= 0.3 is 41.6 Å². The van der Waals surface area contributed by atoms with Crippen LogP contribution in [-0.4, -0.2) is 147 Å². The van der Waals surface area contributed by atoms with Crippen LogP contribution in [0.5, 0.6) is 0 Å². The van der Waals surface area contributed by atoms with Crippen molar-refractivity contribution in [1.29, 1.82) is 0 Å². The third-order valence-electron chi connectivity index (χ3n) is 4.79. The van der Waals surface area contributed by atoms with E-state index in [1.54, 1.807) is 0 Å². The van der Waals surface area contributed by atoms with Gasteiger partial charge in [0.05, 0.1) is 13.2 Å². The van der Waals surface area contributed by atoms with Gasteiger partial charge in [-0.15, -0.1) is 0 Å². The van der Waals surface area contributed by atoms with Crippen molar-refractivity contribution in [3.05, 3.63) is 0 Å². The third kappa shape index (κ3) is 10.5. The lowest BCUT2D eigenvalue weighted by atomic mass is 9.98. The minimum absolute atomic E-state index is 1.13. The molecule has 39 heavy (non-hydrogen) atoms. The number of hydrogen-bond acceptors (Lipinski definition) is 19. The van der Waals surface area contributed by atoms with Gasteiger partial charge in [-0.3, -0.25) is 18.2 Å². The summed E-state index contributed by atoms with van der Waals surface area (Å²) in [6.45, 7) is -2.32. The highest BCUT2D eigenvalue weighted by Crippen LogP contribution is 2.31. The number of ether oxygens (including phenoxy) is 3. The van der Waals surface area contributed by atoms with Gasteiger partial charge in [0.2, 0.25) is 0 Å². The average molecular weight is 663 g/mol. The number of aliphatic hydroxyl groups is 4. The van der Waals surface area contributed by atoms with Crippen molar-refractivity contribution in [2.45, 2.75) is 61.4 Å². The van der Waals surface area contributed by atoms with E-state index in [0.717, 1.165) is 0 Å². The molecule has 23 nitrogen and oxygen atoms in total. The molecular weight excluding hydrogens is 640 g/mol. The lowest BCUT2D eigenvalue weighted by Crippen LogP contribution is -2.63. The molecular formula is C12H22O23S4. The Morgan fingerprint density at radius 1 is 0.564 bits per heavy atom. The summed E-state index contributed by atoms with van der Waals surface area (Å²) in [4.78, 5) is 0. The summed E-state index contributed by atoms with van der Waals surface area (Å²) >= 11 is 0. The maximum atomic E-state index is 11.3. The lowest BCUT2D eigenvalue weighted by Gasteiger charge is -2.43. The molecule has 0 aliphatic carbocycles. The van der Waals surface area contributed by atoms with E-state index in [9.17, 15) is 54.1 Å². The van der Waals surface area contributed by atoms with Crippen LogP contribution in [0.25, 0.3) is 0 Å². The largest absolute Gasteiger partial charge is 0.397 e. The topological polar surface area (TPSA) is 363 Å². The average Bonchev–Trinajstić information content (AvgIpc) is 2.72. The molecule has 0 amide bonds. The zero-order valence-electron chi connectivity index (χ0n) is 18.5. The first kappa shape index (κ1) is 34.4. The van der Waals surface area contributed by atoms with Crippen molar-refractivity contribution in [1.82, 2.24) is 0 Å². The molecule has 27 heteroatoms. The van der Waals surface area contributed by atoms with Crippen LogP contribution in [0.1, 0.15) is 0 Å². The van der Waals surface area contributed by atoms with E-state index >= 15 is 0 Å². The van der Waals surface area contributed by atoms with Gasteiger partial charge < -0.3 is 34.6 Å². The summed E-state index contributed by atoms with van der Waals surface area (Å²) in [5, 5.41) is 40.0. The van der Waals surface area contributed by atoms with Gasteiger partial charge in [-0.05, 0) is 0 Å². The quantitative estimate of drug-likeness (QED) is 0.0901. The van der Waals surface area contributed by atoms with E-state index < -0.39 is 116 Å². The first-order valence-corrected chi connectivity index (χ1v) is 15.2. The van der Waals surface area contributed by atoms with Crippen molar-refractivity contribution in [2.75, 3.05) is 13.2 Å². The molecule has 0 aromatic rings. The normalized spacial score (nSPS) is 37.0. The Hall–Kier alpha value is -0.800. The fourth-order valence-corrected chi connectivity index (χ4v) is 5.37. The van der Waals surface area contributed by atoms with Crippen molar-refractivity contribution in [3.8, 4) is 0 Å². The molecule has 2 rings (SSSR count). The summed E-state index contributed by atoms with van der Waals surface area (Å²) in [7, 11) is -22.0. The zero-order chi connectivity index (χ0) is 30.1. The van der Waals surface area contributed by atoms with Gasteiger partial charge in [-0.2, -0.15) is 33.7 Å². The smallest absolute Gasteiger partial charge is 0.394 e. The van der Waals surface area contributed by atoms with Crippen LogP contribution in [0, 0.1) is 0 Å². The molecule has 0 unspecified atom stereocenters. The predicted molar refractivity (Wildman–Crippen MR) is 110 cm³/mol. The van der Waals surface area contributed by atoms with Crippen molar-refractivity contribution in [3.63, 3.8) is 0 Å². The van der Waals surface area contributed by atoms with Gasteiger partial charge in [0.1, 0.15) is 36.6 Å². The molecule has 10 atom stereocenters. The molecule has 2 aliphatic rings. The first-order chi connectivity index (χ1) is 17.5. The van der Waals surface area contributed by atoms with E-state index in [1.807, 2.05) is 0 Å². The molecule has 0 radical (unpaired) electrons. The molecule has 0 aromatic carbocycles. The van der Waals surface area contributed by atoms with E-state index in [2.05, 4.69) is 16.7 Å². The number of aliphatic hydroxyl groups excluding tert-OH is 4. The molecule has 232 valence electrons. The summed E-state index contributed by atoms with van der Waals surface area (Å²) in [5.74, 6) is 0. The van der Waals surface area contributed by atoms with Crippen molar-refractivity contribution < 1.29 is 103 Å². The number of hydrogen-bond donors (Lipinski definition) is 8. The minimum atomic E-state index is -5.53. The summed E-state index contributed by atoms with van der Waals surface area (Å²) in [6.07, 6.45) is -23.5. The Morgan fingerprint density at radius 3 is 1.38 bits per heavy atom. The molecule has 0 spiro atoms. The second kappa shape index (κ2) is 12.6. The Morgan fingerprint density at radius 2 is 0.949 bits per heavy atom. The zero-order valence-corrected chi connectivity index (χ0v) is 21.8. The second-order valence-electron chi connectivity index (χ2n) is 7.56. The van der Waals surface area contributed by atoms with E-state index in [-0.39, 0.29) is 0 Å². The molecule has 0 aromatic heterocycles.